The summed E-state index contributed by atoms with van der Waals surface area (Å²) < 4.78 is 0. The average Bonchev–Trinajstić information content (AvgIpc) is 2.67. The van der Waals surface area contributed by atoms with Crippen LogP contribution in [0.2, 0.25) is 0 Å². The van der Waals surface area contributed by atoms with Crippen LogP contribution < -0.4 is 0 Å². The van der Waals surface area contributed by atoms with Crippen molar-refractivity contribution in [2.75, 3.05) is 0 Å². The van der Waals surface area contributed by atoms with Crippen molar-refractivity contribution in [3.05, 3.63) is 95.1 Å². The van der Waals surface area contributed by atoms with E-state index < -0.39 is 6.10 Å². The minimum atomic E-state index is -0.550. The van der Waals surface area contributed by atoms with Crippen LogP contribution in [0.15, 0.2) is 72.8 Å². The van der Waals surface area contributed by atoms with Crippen molar-refractivity contribution in [2.45, 2.75) is 32.8 Å². The molecule has 2 atom stereocenters. The molecule has 2 unspecified atom stereocenters. The molecule has 0 aliphatic carbocycles. The van der Waals surface area contributed by atoms with Gasteiger partial charge in [-0.3, -0.25) is 0 Å². The topological polar surface area (TPSA) is 20.2 Å². The van der Waals surface area contributed by atoms with Gasteiger partial charge in [0.05, 0.1) is 6.10 Å². The molecule has 0 bridgehead atoms. The summed E-state index contributed by atoms with van der Waals surface area (Å²) in [6, 6.07) is 25.3. The number of hydrogen-bond acceptors (Lipinski definition) is 1. The Morgan fingerprint density at radius 1 is 0.654 bits per heavy atom. The lowest BCUT2D eigenvalue weighted by molar-refractivity contribution is 0.153. The summed E-state index contributed by atoms with van der Waals surface area (Å²) in [5.41, 5.74) is 4.71. The van der Waals surface area contributed by atoms with Crippen molar-refractivity contribution in [3.63, 3.8) is 0 Å². The molecule has 1 nitrogen and oxygen atoms in total. The standard InChI is InChI=1S/C25H24O/c1-16-14-15-23(22-12-5-4-11-20(16)22)25(26)18(3)21-13-7-10-19-9-6-8-17(2)24(19)21/h4-15,18,25-26H,1-3H3. The zero-order valence-corrected chi connectivity index (χ0v) is 15.5. The zero-order valence-electron chi connectivity index (χ0n) is 15.5. The van der Waals surface area contributed by atoms with E-state index in [2.05, 4.69) is 87.5 Å². The van der Waals surface area contributed by atoms with Gasteiger partial charge in [-0.05, 0) is 57.6 Å². The molecule has 0 saturated heterocycles. The third kappa shape index (κ3) is 2.69. The fourth-order valence-electron chi connectivity index (χ4n) is 4.11. The lowest BCUT2D eigenvalue weighted by Gasteiger charge is -2.23. The van der Waals surface area contributed by atoms with Gasteiger partial charge >= 0.3 is 0 Å². The molecule has 0 radical (unpaired) electrons. The van der Waals surface area contributed by atoms with E-state index in [0.717, 1.165) is 10.9 Å². The second-order valence-corrected chi connectivity index (χ2v) is 7.27. The third-order valence-electron chi connectivity index (χ3n) is 5.60. The van der Waals surface area contributed by atoms with Gasteiger partial charge in [-0.1, -0.05) is 79.7 Å². The highest BCUT2D eigenvalue weighted by Gasteiger charge is 2.22. The van der Waals surface area contributed by atoms with E-state index in [4.69, 9.17) is 0 Å². The van der Waals surface area contributed by atoms with Gasteiger partial charge < -0.3 is 5.11 Å². The van der Waals surface area contributed by atoms with Gasteiger partial charge in [0, 0.05) is 5.92 Å². The first-order valence-electron chi connectivity index (χ1n) is 9.22. The summed E-state index contributed by atoms with van der Waals surface area (Å²) in [6.45, 7) is 6.39. The fraction of sp³-hybridized carbons (Fsp3) is 0.200. The summed E-state index contributed by atoms with van der Waals surface area (Å²) >= 11 is 0. The molecule has 0 amide bonds. The first-order valence-corrected chi connectivity index (χ1v) is 9.22. The largest absolute Gasteiger partial charge is 0.388 e. The van der Waals surface area contributed by atoms with Gasteiger partial charge in [0.15, 0.2) is 0 Å². The molecule has 0 saturated carbocycles. The molecule has 0 aliphatic heterocycles. The average molecular weight is 340 g/mol. The van der Waals surface area contributed by atoms with Crippen LogP contribution in [-0.2, 0) is 0 Å². The van der Waals surface area contributed by atoms with Crippen molar-refractivity contribution in [2.24, 2.45) is 0 Å². The number of fused-ring (bicyclic) bond motifs is 2. The summed E-state index contributed by atoms with van der Waals surface area (Å²) in [4.78, 5) is 0. The predicted octanol–water partition coefficient (Wildman–Crippen LogP) is 6.45. The predicted molar refractivity (Wildman–Crippen MR) is 111 cm³/mol. The van der Waals surface area contributed by atoms with E-state index in [-0.39, 0.29) is 5.92 Å². The highest BCUT2D eigenvalue weighted by atomic mass is 16.3. The molecule has 130 valence electrons. The number of benzene rings is 4. The highest BCUT2D eigenvalue weighted by molar-refractivity contribution is 5.90. The Hall–Kier alpha value is -2.64. The van der Waals surface area contributed by atoms with Gasteiger partial charge in [0.2, 0.25) is 0 Å². The Labute approximate surface area is 154 Å². The van der Waals surface area contributed by atoms with Crippen LogP contribution in [0, 0.1) is 13.8 Å². The molecule has 4 rings (SSSR count). The van der Waals surface area contributed by atoms with Crippen LogP contribution >= 0.6 is 0 Å². The Kier molecular flexibility index (Phi) is 4.26. The second kappa shape index (κ2) is 6.59. The van der Waals surface area contributed by atoms with Crippen molar-refractivity contribution >= 4 is 21.5 Å². The summed E-state index contributed by atoms with van der Waals surface area (Å²) in [5, 5.41) is 16.1. The van der Waals surface area contributed by atoms with Crippen LogP contribution in [0.1, 0.15) is 41.2 Å². The lowest BCUT2D eigenvalue weighted by atomic mass is 9.84. The minimum absolute atomic E-state index is 0.00547. The Balaban J connectivity index is 1.86. The Morgan fingerprint density at radius 3 is 2.12 bits per heavy atom. The first kappa shape index (κ1) is 16.8. The van der Waals surface area contributed by atoms with Crippen LogP contribution in [0.25, 0.3) is 21.5 Å². The second-order valence-electron chi connectivity index (χ2n) is 7.27. The van der Waals surface area contributed by atoms with Crippen molar-refractivity contribution in [3.8, 4) is 0 Å². The Bertz CT molecular complexity index is 1090. The van der Waals surface area contributed by atoms with E-state index in [9.17, 15) is 5.11 Å². The molecule has 0 spiro atoms. The normalized spacial score (nSPS) is 13.8. The van der Waals surface area contributed by atoms with E-state index in [1.165, 1.54) is 32.8 Å². The van der Waals surface area contributed by atoms with E-state index in [0.29, 0.717) is 0 Å². The molecular formula is C25H24O. The SMILES string of the molecule is Cc1ccc(C(O)C(C)c2cccc3cccc(C)c23)c2ccccc12. The molecule has 1 N–H and O–H groups in total. The summed E-state index contributed by atoms with van der Waals surface area (Å²) in [6.07, 6.45) is -0.550. The number of aliphatic hydroxyl groups excluding tert-OH is 1. The number of aryl methyl sites for hydroxylation is 2. The van der Waals surface area contributed by atoms with E-state index >= 15 is 0 Å². The zero-order chi connectivity index (χ0) is 18.3. The lowest BCUT2D eigenvalue weighted by Crippen LogP contribution is -2.09. The number of hydrogen-bond donors (Lipinski definition) is 1. The molecule has 0 fully saturated rings. The smallest absolute Gasteiger partial charge is 0.0862 e. The molecule has 0 aromatic heterocycles. The van der Waals surface area contributed by atoms with Crippen molar-refractivity contribution in [1.29, 1.82) is 0 Å². The maximum atomic E-state index is 11.3. The molecule has 0 heterocycles. The van der Waals surface area contributed by atoms with Crippen LogP contribution in [-0.4, -0.2) is 5.11 Å². The number of rotatable bonds is 3. The molecule has 4 aromatic rings. The van der Waals surface area contributed by atoms with Gasteiger partial charge in [0.1, 0.15) is 0 Å². The van der Waals surface area contributed by atoms with Crippen LogP contribution in [0.4, 0.5) is 0 Å². The van der Waals surface area contributed by atoms with Gasteiger partial charge in [-0.2, -0.15) is 0 Å². The van der Waals surface area contributed by atoms with Gasteiger partial charge in [-0.25, -0.2) is 0 Å². The Morgan fingerprint density at radius 2 is 1.35 bits per heavy atom. The summed E-state index contributed by atoms with van der Waals surface area (Å²) in [5.74, 6) is 0.00547. The maximum Gasteiger partial charge on any atom is 0.0862 e. The van der Waals surface area contributed by atoms with Crippen LogP contribution in [0.3, 0.4) is 0 Å². The third-order valence-corrected chi connectivity index (χ3v) is 5.60. The van der Waals surface area contributed by atoms with Crippen molar-refractivity contribution in [1.82, 2.24) is 0 Å². The fourth-order valence-corrected chi connectivity index (χ4v) is 4.11. The quantitative estimate of drug-likeness (QED) is 0.454. The van der Waals surface area contributed by atoms with Crippen molar-refractivity contribution < 1.29 is 5.11 Å². The highest BCUT2D eigenvalue weighted by Crippen LogP contribution is 2.38. The van der Waals surface area contributed by atoms with Gasteiger partial charge in [-0.15, -0.1) is 0 Å². The molecule has 26 heavy (non-hydrogen) atoms. The van der Waals surface area contributed by atoms with E-state index in [1.807, 2.05) is 6.07 Å². The van der Waals surface area contributed by atoms with Crippen LogP contribution in [0.5, 0.6) is 0 Å². The maximum absolute atomic E-state index is 11.3. The molecular weight excluding hydrogens is 316 g/mol. The number of aliphatic hydroxyl groups is 1. The minimum Gasteiger partial charge on any atom is -0.388 e. The molecule has 4 aromatic carbocycles. The van der Waals surface area contributed by atoms with Gasteiger partial charge in [0.25, 0.3) is 0 Å². The molecule has 1 heteroatoms. The summed E-state index contributed by atoms with van der Waals surface area (Å²) in [7, 11) is 0. The monoisotopic (exact) mass is 340 g/mol. The van der Waals surface area contributed by atoms with E-state index in [1.54, 1.807) is 0 Å². The first-order chi connectivity index (χ1) is 12.6. The molecule has 0 aliphatic rings.